The van der Waals surface area contributed by atoms with E-state index >= 15 is 0 Å². The van der Waals surface area contributed by atoms with Crippen LogP contribution >= 0.6 is 0 Å². The van der Waals surface area contributed by atoms with E-state index in [9.17, 15) is 24.9 Å². The number of nitrogens with zero attached hydrogens (tertiary/aromatic N) is 2. The van der Waals surface area contributed by atoms with Crippen LogP contribution in [0.25, 0.3) is 0 Å². The molecule has 1 aliphatic heterocycles. The van der Waals surface area contributed by atoms with Crippen LogP contribution in [0.2, 0.25) is 0 Å². The Morgan fingerprint density at radius 2 is 1.60 bits per heavy atom. The van der Waals surface area contributed by atoms with Crippen LogP contribution < -0.4 is 14.8 Å². The Labute approximate surface area is 389 Å². The van der Waals surface area contributed by atoms with Gasteiger partial charge in [-0.15, -0.1) is 6.58 Å². The molecule has 2 aliphatic carbocycles. The quantitative estimate of drug-likeness (QED) is 0.0317. The molecule has 1 aromatic rings. The standard InChI is InChI=1S/C51H83N3O11/c1-7-10-11-12-13-14-15-16-17-22-32-61-49(59)54(27-33-60-34-30-57)45-37-43(53-65-50(4,5)6)41-35-38(23-18-20-28-55)40(24-19-21-29-56)46-42-36-39(63-48(58)52-9-3)25-26-44(42)64-51(45,47(41)46)62-31-8-2/h8,25-26,35-36,38,40,45-47,55-57H,2,7,9-24,27-34,37H2,1,3-6H3,(H,52,58)/t38-,40+,45-,46+,47+,51+/m0/s1. The molecule has 14 heteroatoms. The SMILES string of the molecule is C=CCO[C@@]12Oc3ccc(OC(=O)NCC)cc3[C@H]3[C@H](CCCCO)[C@@H](CCCCO)C=C(C(=NOC(C)(C)C)C[C@@H]1N(CCOCCO)C(=O)OCCCCCCCCCCCC)[C@H]32. The van der Waals surface area contributed by atoms with E-state index in [0.29, 0.717) is 36.6 Å². The van der Waals surface area contributed by atoms with Gasteiger partial charge in [-0.05, 0) is 95.4 Å². The van der Waals surface area contributed by atoms with Gasteiger partial charge in [0.2, 0.25) is 5.79 Å². The van der Waals surface area contributed by atoms with Crippen molar-refractivity contribution in [3.8, 4) is 11.5 Å². The summed E-state index contributed by atoms with van der Waals surface area (Å²) in [6.45, 7) is 15.0. The van der Waals surface area contributed by atoms with Gasteiger partial charge in [0.1, 0.15) is 23.1 Å². The molecule has 0 aromatic heterocycles. The molecule has 1 fully saturated rings. The molecule has 1 aromatic carbocycles. The van der Waals surface area contributed by atoms with Crippen LogP contribution in [0.1, 0.15) is 155 Å². The van der Waals surface area contributed by atoms with Gasteiger partial charge in [-0.2, -0.15) is 0 Å². The zero-order valence-electron chi connectivity index (χ0n) is 40.4. The molecular weight excluding hydrogens is 831 g/mol. The highest BCUT2D eigenvalue weighted by Gasteiger charge is 2.65. The highest BCUT2D eigenvalue weighted by molar-refractivity contribution is 6.03. The molecule has 3 aliphatic rings. The molecule has 6 atom stereocenters. The normalized spacial score (nSPS) is 22.9. The van der Waals surface area contributed by atoms with Crippen molar-refractivity contribution >= 4 is 17.9 Å². The lowest BCUT2D eigenvalue weighted by Crippen LogP contribution is -2.70. The van der Waals surface area contributed by atoms with Gasteiger partial charge in [-0.25, -0.2) is 9.59 Å². The first-order valence-electron chi connectivity index (χ1n) is 24.8. The van der Waals surface area contributed by atoms with Gasteiger partial charge in [0.15, 0.2) is 0 Å². The minimum absolute atomic E-state index is 0.0174. The molecule has 1 saturated carbocycles. The lowest BCUT2D eigenvalue weighted by molar-refractivity contribution is -0.256. The lowest BCUT2D eigenvalue weighted by Gasteiger charge is -2.59. The van der Waals surface area contributed by atoms with Gasteiger partial charge in [-0.1, -0.05) is 94.9 Å². The van der Waals surface area contributed by atoms with E-state index in [1.807, 2.05) is 39.8 Å². The van der Waals surface area contributed by atoms with Gasteiger partial charge >= 0.3 is 12.2 Å². The summed E-state index contributed by atoms with van der Waals surface area (Å²) in [5.74, 6) is -1.47. The zero-order chi connectivity index (χ0) is 47.1. The summed E-state index contributed by atoms with van der Waals surface area (Å²) in [6, 6.07) is 4.59. The van der Waals surface area contributed by atoms with Crippen molar-refractivity contribution in [2.75, 3.05) is 59.3 Å². The highest BCUT2D eigenvalue weighted by Crippen LogP contribution is 2.62. The number of benzene rings is 1. The van der Waals surface area contributed by atoms with Crippen LogP contribution in [-0.4, -0.2) is 115 Å². The largest absolute Gasteiger partial charge is 0.459 e. The number of aliphatic hydroxyl groups is 3. The molecule has 0 unspecified atom stereocenters. The number of fused-ring (bicyclic) bond motifs is 2. The number of hydrogen-bond acceptors (Lipinski definition) is 12. The third-order valence-corrected chi connectivity index (χ3v) is 12.7. The Morgan fingerprint density at radius 3 is 2.25 bits per heavy atom. The van der Waals surface area contributed by atoms with Gasteiger partial charge < -0.3 is 49.2 Å². The smallest absolute Gasteiger partial charge is 0.412 e. The minimum atomic E-state index is -1.50. The molecule has 368 valence electrons. The summed E-state index contributed by atoms with van der Waals surface area (Å²) in [4.78, 5) is 35.4. The second kappa shape index (κ2) is 28.5. The first-order valence-corrected chi connectivity index (χ1v) is 24.8. The van der Waals surface area contributed by atoms with Crippen molar-refractivity contribution < 1.29 is 53.4 Å². The first-order chi connectivity index (χ1) is 31.5. The average molecular weight is 914 g/mol. The number of rotatable bonds is 31. The van der Waals surface area contributed by atoms with Crippen LogP contribution in [0.5, 0.6) is 11.5 Å². The number of carbonyl (C=O) groups is 2. The molecule has 65 heavy (non-hydrogen) atoms. The Balaban J connectivity index is 1.87. The summed E-state index contributed by atoms with van der Waals surface area (Å²) in [6.07, 6.45) is 19.0. The predicted octanol–water partition coefficient (Wildman–Crippen LogP) is 9.60. The second-order valence-electron chi connectivity index (χ2n) is 18.7. The molecule has 2 amide bonds. The summed E-state index contributed by atoms with van der Waals surface area (Å²) in [7, 11) is 0. The minimum Gasteiger partial charge on any atom is -0.459 e. The van der Waals surface area contributed by atoms with Crippen LogP contribution in [0.15, 0.2) is 47.7 Å². The fourth-order valence-corrected chi connectivity index (χ4v) is 9.73. The van der Waals surface area contributed by atoms with E-state index in [1.54, 1.807) is 17.0 Å². The van der Waals surface area contributed by atoms with Crippen molar-refractivity contribution in [2.45, 2.75) is 167 Å². The van der Waals surface area contributed by atoms with Crippen molar-refractivity contribution in [1.82, 2.24) is 10.2 Å². The molecular formula is C51H83N3O11. The molecule has 4 rings (SSSR count). The van der Waals surface area contributed by atoms with Crippen molar-refractivity contribution in [3.05, 3.63) is 48.1 Å². The summed E-state index contributed by atoms with van der Waals surface area (Å²) >= 11 is 0. The maximum absolute atomic E-state index is 14.7. The number of hydrogen-bond donors (Lipinski definition) is 4. The summed E-state index contributed by atoms with van der Waals surface area (Å²) < 4.78 is 32.1. The van der Waals surface area contributed by atoms with E-state index in [0.717, 1.165) is 56.1 Å². The van der Waals surface area contributed by atoms with Crippen molar-refractivity contribution in [2.24, 2.45) is 22.9 Å². The Hall–Kier alpha value is -3.69. The fraction of sp³-hybridized carbons (Fsp3) is 0.745. The number of amides is 2. The van der Waals surface area contributed by atoms with Crippen molar-refractivity contribution in [1.29, 1.82) is 0 Å². The second-order valence-corrected chi connectivity index (χ2v) is 18.7. The maximum Gasteiger partial charge on any atom is 0.412 e. The monoisotopic (exact) mass is 914 g/mol. The highest BCUT2D eigenvalue weighted by atomic mass is 16.7. The van der Waals surface area contributed by atoms with E-state index in [-0.39, 0.29) is 77.0 Å². The predicted molar refractivity (Wildman–Crippen MR) is 253 cm³/mol. The van der Waals surface area contributed by atoms with Crippen LogP contribution in [0.4, 0.5) is 9.59 Å². The molecule has 4 N–H and O–H groups in total. The molecule has 0 saturated heterocycles. The maximum atomic E-state index is 14.7. The molecule has 1 heterocycles. The summed E-state index contributed by atoms with van der Waals surface area (Å²) in [5, 5.41) is 37.1. The van der Waals surface area contributed by atoms with Crippen LogP contribution in [0.3, 0.4) is 0 Å². The van der Waals surface area contributed by atoms with E-state index in [2.05, 4.69) is 24.9 Å². The Morgan fingerprint density at radius 1 is 0.908 bits per heavy atom. The van der Waals surface area contributed by atoms with Gasteiger partial charge in [0.05, 0.1) is 44.7 Å². The van der Waals surface area contributed by atoms with E-state index in [4.69, 9.17) is 33.7 Å². The number of aliphatic hydroxyl groups excluding tert-OH is 3. The molecule has 14 nitrogen and oxygen atoms in total. The fourth-order valence-electron chi connectivity index (χ4n) is 9.73. The van der Waals surface area contributed by atoms with Crippen molar-refractivity contribution in [3.63, 3.8) is 0 Å². The van der Waals surface area contributed by atoms with Gasteiger partial charge in [-0.3, -0.25) is 4.90 Å². The number of unbranched alkanes of at least 4 members (excludes halogenated alkanes) is 11. The average Bonchev–Trinajstić information content (AvgIpc) is 3.28. The number of carbonyl (C=O) groups excluding carboxylic acids is 2. The van der Waals surface area contributed by atoms with Crippen LogP contribution in [-0.2, 0) is 19.0 Å². The first kappa shape index (κ1) is 53.9. The summed E-state index contributed by atoms with van der Waals surface area (Å²) in [5.41, 5.74) is 1.75. The van der Waals surface area contributed by atoms with E-state index < -0.39 is 35.5 Å². The number of oxime groups is 1. The van der Waals surface area contributed by atoms with Crippen LogP contribution in [0, 0.1) is 17.8 Å². The van der Waals surface area contributed by atoms with E-state index in [1.165, 1.54) is 44.9 Å². The topological polar surface area (TPSA) is 178 Å². The zero-order valence-corrected chi connectivity index (χ0v) is 40.4. The van der Waals surface area contributed by atoms with Gasteiger partial charge in [0.25, 0.3) is 0 Å². The third kappa shape index (κ3) is 16.0. The lowest BCUT2D eigenvalue weighted by atomic mass is 9.55. The molecule has 0 bridgehead atoms. The number of allylic oxidation sites excluding steroid dienone is 1. The Kier molecular flexibility index (Phi) is 23.6. The van der Waals surface area contributed by atoms with Gasteiger partial charge in [0, 0.05) is 44.2 Å². The molecule has 0 radical (unpaired) electrons. The Bertz CT molecular complexity index is 1650. The number of ether oxygens (including phenoxy) is 5. The number of nitrogens with one attached hydrogen (secondary N) is 1. The third-order valence-electron chi connectivity index (χ3n) is 12.7. The molecule has 0 spiro atoms.